The lowest BCUT2D eigenvalue weighted by molar-refractivity contribution is 0.201. The van der Waals surface area contributed by atoms with Gasteiger partial charge in [0, 0.05) is 19.8 Å². The second-order valence-electron chi connectivity index (χ2n) is 5.30. The van der Waals surface area contributed by atoms with Crippen molar-refractivity contribution >= 4 is 8.56 Å². The zero-order valence-corrected chi connectivity index (χ0v) is 12.4. The summed E-state index contributed by atoms with van der Waals surface area (Å²) in [5.41, 5.74) is 0.756. The number of hydrogen-bond donors (Lipinski definition) is 0. The lowest BCUT2D eigenvalue weighted by atomic mass is 10.00. The molecule has 1 fully saturated rings. The fourth-order valence-electron chi connectivity index (χ4n) is 2.74. The molecule has 0 saturated heterocycles. The Morgan fingerprint density at radius 2 is 1.88 bits per heavy atom. The summed E-state index contributed by atoms with van der Waals surface area (Å²) in [6.45, 7) is 4.62. The Labute approximate surface area is 102 Å². The molecule has 0 amide bonds. The molecule has 1 rings (SSSR count). The van der Waals surface area contributed by atoms with E-state index in [4.69, 9.17) is 8.85 Å². The molecule has 96 valence electrons. The minimum absolute atomic E-state index is 0.756. The van der Waals surface area contributed by atoms with E-state index in [1.165, 1.54) is 44.6 Å². The number of hydrogen-bond acceptors (Lipinski definition) is 2. The molecule has 2 nitrogen and oxygen atoms in total. The Bertz CT molecular complexity index is 188. The maximum atomic E-state index is 5.86. The van der Waals surface area contributed by atoms with Crippen LogP contribution in [0.25, 0.3) is 0 Å². The Kier molecular flexibility index (Phi) is 6.01. The average molecular weight is 244 g/mol. The van der Waals surface area contributed by atoms with Gasteiger partial charge in [0.25, 0.3) is 0 Å². The summed E-state index contributed by atoms with van der Waals surface area (Å²) in [7, 11) is 1.85. The first kappa shape index (κ1) is 14.2. The van der Waals surface area contributed by atoms with Gasteiger partial charge in [0.15, 0.2) is 0 Å². The van der Waals surface area contributed by atoms with Crippen LogP contribution in [0.1, 0.15) is 52.4 Å². The first-order valence-electron chi connectivity index (χ1n) is 6.78. The summed E-state index contributed by atoms with van der Waals surface area (Å²) >= 11 is 0. The maximum Gasteiger partial charge on any atom is 0.341 e. The van der Waals surface area contributed by atoms with Gasteiger partial charge in [0.2, 0.25) is 0 Å². The lowest BCUT2D eigenvalue weighted by Crippen LogP contribution is -2.48. The van der Waals surface area contributed by atoms with E-state index >= 15 is 0 Å². The zero-order chi connectivity index (χ0) is 12.0. The van der Waals surface area contributed by atoms with Crippen molar-refractivity contribution in [1.82, 2.24) is 0 Å². The van der Waals surface area contributed by atoms with Crippen LogP contribution in [0.15, 0.2) is 0 Å². The van der Waals surface area contributed by atoms with E-state index in [2.05, 4.69) is 13.8 Å². The van der Waals surface area contributed by atoms with Gasteiger partial charge in [0.05, 0.1) is 0 Å². The molecule has 0 bridgehead atoms. The molecule has 0 heterocycles. The van der Waals surface area contributed by atoms with Crippen LogP contribution in [0.2, 0.25) is 11.6 Å². The molecular weight excluding hydrogens is 216 g/mol. The first-order chi connectivity index (χ1) is 7.68. The van der Waals surface area contributed by atoms with Crippen LogP contribution in [0.3, 0.4) is 0 Å². The van der Waals surface area contributed by atoms with Gasteiger partial charge in [-0.05, 0) is 24.8 Å². The van der Waals surface area contributed by atoms with Crippen LogP contribution in [0.4, 0.5) is 0 Å². The molecule has 1 saturated carbocycles. The van der Waals surface area contributed by atoms with Gasteiger partial charge < -0.3 is 8.85 Å². The van der Waals surface area contributed by atoms with E-state index in [1.807, 2.05) is 14.2 Å². The fraction of sp³-hybridized carbons (Fsp3) is 1.00. The molecule has 0 aromatic carbocycles. The topological polar surface area (TPSA) is 18.5 Å². The van der Waals surface area contributed by atoms with Crippen LogP contribution >= 0.6 is 0 Å². The van der Waals surface area contributed by atoms with E-state index in [0.717, 1.165) is 11.5 Å². The molecule has 0 spiro atoms. The van der Waals surface area contributed by atoms with Gasteiger partial charge in [0.1, 0.15) is 0 Å². The molecule has 1 aliphatic rings. The van der Waals surface area contributed by atoms with E-state index in [9.17, 15) is 0 Å². The second kappa shape index (κ2) is 6.77. The smallest absolute Gasteiger partial charge is 0.341 e. The summed E-state index contributed by atoms with van der Waals surface area (Å²) in [5, 5.41) is 0. The van der Waals surface area contributed by atoms with Crippen molar-refractivity contribution < 1.29 is 8.85 Å². The van der Waals surface area contributed by atoms with Crippen LogP contribution in [0.5, 0.6) is 0 Å². The second-order valence-corrected chi connectivity index (χ2v) is 8.96. The molecule has 3 heteroatoms. The van der Waals surface area contributed by atoms with Crippen molar-refractivity contribution in [3.8, 4) is 0 Å². The SMILES string of the molecule is CCCCC(C)C[Si](OC)(OC)C1CCC1. The summed E-state index contributed by atoms with van der Waals surface area (Å²) in [4.78, 5) is 0. The Hall–Kier alpha value is 0.137. The van der Waals surface area contributed by atoms with Crippen LogP contribution in [-0.4, -0.2) is 22.8 Å². The number of rotatable bonds is 8. The summed E-state index contributed by atoms with van der Waals surface area (Å²) < 4.78 is 11.7. The van der Waals surface area contributed by atoms with Crippen LogP contribution in [-0.2, 0) is 8.85 Å². The molecule has 16 heavy (non-hydrogen) atoms. The first-order valence-corrected chi connectivity index (χ1v) is 8.89. The molecule has 0 radical (unpaired) electrons. The van der Waals surface area contributed by atoms with E-state index < -0.39 is 8.56 Å². The average Bonchev–Trinajstić information content (AvgIpc) is 2.22. The normalized spacial score (nSPS) is 19.5. The predicted molar refractivity (Wildman–Crippen MR) is 70.9 cm³/mol. The Balaban J connectivity index is 2.48. The van der Waals surface area contributed by atoms with Crippen molar-refractivity contribution in [2.45, 2.75) is 64.0 Å². The monoisotopic (exact) mass is 244 g/mol. The van der Waals surface area contributed by atoms with Crippen LogP contribution < -0.4 is 0 Å². The van der Waals surface area contributed by atoms with E-state index in [1.54, 1.807) is 0 Å². The highest BCUT2D eigenvalue weighted by atomic mass is 28.4. The maximum absolute atomic E-state index is 5.86. The van der Waals surface area contributed by atoms with Crippen LogP contribution in [0, 0.1) is 5.92 Å². The van der Waals surface area contributed by atoms with Gasteiger partial charge >= 0.3 is 8.56 Å². The molecule has 1 aliphatic carbocycles. The highest BCUT2D eigenvalue weighted by Gasteiger charge is 2.47. The van der Waals surface area contributed by atoms with Crippen molar-refractivity contribution in [2.75, 3.05) is 14.2 Å². The van der Waals surface area contributed by atoms with Gasteiger partial charge in [-0.2, -0.15) is 0 Å². The minimum Gasteiger partial charge on any atom is -0.397 e. The molecular formula is C13H28O2Si. The van der Waals surface area contributed by atoms with Gasteiger partial charge in [-0.3, -0.25) is 0 Å². The zero-order valence-electron chi connectivity index (χ0n) is 11.4. The molecule has 0 aliphatic heterocycles. The van der Waals surface area contributed by atoms with Gasteiger partial charge in [-0.15, -0.1) is 0 Å². The Morgan fingerprint density at radius 3 is 2.25 bits per heavy atom. The quantitative estimate of drug-likeness (QED) is 0.598. The van der Waals surface area contributed by atoms with Crippen molar-refractivity contribution in [1.29, 1.82) is 0 Å². The summed E-state index contributed by atoms with van der Waals surface area (Å²) in [6.07, 6.45) is 7.98. The van der Waals surface area contributed by atoms with Crippen molar-refractivity contribution in [3.63, 3.8) is 0 Å². The largest absolute Gasteiger partial charge is 0.397 e. The molecule has 0 N–H and O–H groups in total. The predicted octanol–water partition coefficient (Wildman–Crippen LogP) is 4.10. The standard InChI is InChI=1S/C13H28O2Si/c1-5-6-8-12(2)11-16(14-3,15-4)13-9-7-10-13/h12-13H,5-11H2,1-4H3. The molecule has 0 aromatic heterocycles. The van der Waals surface area contributed by atoms with E-state index in [0.29, 0.717) is 0 Å². The van der Waals surface area contributed by atoms with Gasteiger partial charge in [-0.25, -0.2) is 0 Å². The third-order valence-corrected chi connectivity index (χ3v) is 8.57. The highest BCUT2D eigenvalue weighted by molar-refractivity contribution is 6.69. The molecule has 1 unspecified atom stereocenters. The summed E-state index contributed by atoms with van der Waals surface area (Å²) in [6, 6.07) is 1.19. The van der Waals surface area contributed by atoms with Gasteiger partial charge in [-0.1, -0.05) is 39.5 Å². The minimum atomic E-state index is -1.87. The molecule has 0 aromatic rings. The molecule has 1 atom stereocenters. The van der Waals surface area contributed by atoms with E-state index in [-0.39, 0.29) is 0 Å². The van der Waals surface area contributed by atoms with Crippen molar-refractivity contribution in [3.05, 3.63) is 0 Å². The number of unbranched alkanes of at least 4 members (excludes halogenated alkanes) is 1. The third kappa shape index (κ3) is 3.31. The highest BCUT2D eigenvalue weighted by Crippen LogP contribution is 2.45. The third-order valence-electron chi connectivity index (χ3n) is 4.10. The lowest BCUT2D eigenvalue weighted by Gasteiger charge is -2.41. The Morgan fingerprint density at radius 1 is 1.25 bits per heavy atom. The van der Waals surface area contributed by atoms with Crippen molar-refractivity contribution in [2.24, 2.45) is 5.92 Å². The fourth-order valence-corrected chi connectivity index (χ4v) is 6.70. The summed E-state index contributed by atoms with van der Waals surface area (Å²) in [5.74, 6) is 0.757.